The zero-order chi connectivity index (χ0) is 13.6. The molecular formula is C17H22ClNO. The summed E-state index contributed by atoms with van der Waals surface area (Å²) in [6, 6.07) is 20.6. The van der Waals surface area contributed by atoms with E-state index in [0.29, 0.717) is 0 Å². The molecule has 2 aromatic carbocycles. The average Bonchev–Trinajstić information content (AvgIpc) is 2.40. The highest BCUT2D eigenvalue weighted by Crippen LogP contribution is 2.11. The van der Waals surface area contributed by atoms with Crippen molar-refractivity contribution in [2.24, 2.45) is 0 Å². The Morgan fingerprint density at radius 1 is 0.850 bits per heavy atom. The molecule has 0 aliphatic rings. The van der Waals surface area contributed by atoms with Crippen molar-refractivity contribution in [1.29, 1.82) is 0 Å². The normalized spacial score (nSPS) is 10.7. The molecular weight excluding hydrogens is 270 g/mol. The van der Waals surface area contributed by atoms with Crippen molar-refractivity contribution in [3.8, 4) is 5.75 Å². The minimum Gasteiger partial charge on any atom is -1.00 e. The summed E-state index contributed by atoms with van der Waals surface area (Å²) in [4.78, 5) is 0. The van der Waals surface area contributed by atoms with E-state index in [9.17, 15) is 0 Å². The van der Waals surface area contributed by atoms with E-state index in [1.54, 1.807) is 0 Å². The smallest absolute Gasteiger partial charge is 0.137 e. The summed E-state index contributed by atoms with van der Waals surface area (Å²) >= 11 is 0. The Balaban J connectivity index is 0.00000200. The fourth-order valence-corrected chi connectivity index (χ4v) is 2.08. The van der Waals surface area contributed by atoms with Gasteiger partial charge in [-0.15, -0.1) is 0 Å². The molecule has 0 N–H and O–H groups in total. The van der Waals surface area contributed by atoms with Gasteiger partial charge < -0.3 is 21.6 Å². The number of likely N-dealkylation sites (N-methyl/N-ethyl adjacent to an activating group) is 1. The molecule has 0 unspecified atom stereocenters. The molecule has 0 aliphatic heterocycles. The first-order chi connectivity index (χ1) is 9.16. The number of hydrogen-bond donors (Lipinski definition) is 0. The summed E-state index contributed by atoms with van der Waals surface area (Å²) in [5.74, 6) is 0.946. The lowest BCUT2D eigenvalue weighted by molar-refractivity contribution is -0.903. The molecule has 0 saturated heterocycles. The molecule has 108 valence electrons. The van der Waals surface area contributed by atoms with Crippen LogP contribution >= 0.6 is 0 Å². The van der Waals surface area contributed by atoms with E-state index < -0.39 is 0 Å². The second-order valence-corrected chi connectivity index (χ2v) is 5.46. The molecule has 0 aliphatic carbocycles. The van der Waals surface area contributed by atoms with Crippen molar-refractivity contribution in [2.45, 2.75) is 6.54 Å². The van der Waals surface area contributed by atoms with Gasteiger partial charge in [-0.2, -0.15) is 0 Å². The van der Waals surface area contributed by atoms with Crippen LogP contribution in [-0.2, 0) is 6.54 Å². The van der Waals surface area contributed by atoms with Gasteiger partial charge in [0.1, 0.15) is 25.4 Å². The number of rotatable bonds is 6. The Bertz CT molecular complexity index is 485. The highest BCUT2D eigenvalue weighted by atomic mass is 35.5. The van der Waals surface area contributed by atoms with Crippen molar-refractivity contribution in [3.05, 3.63) is 66.2 Å². The number of halogens is 1. The van der Waals surface area contributed by atoms with Crippen LogP contribution in [0.3, 0.4) is 0 Å². The van der Waals surface area contributed by atoms with E-state index >= 15 is 0 Å². The van der Waals surface area contributed by atoms with Gasteiger partial charge in [-0.1, -0.05) is 48.5 Å². The molecule has 0 amide bonds. The number of benzene rings is 2. The zero-order valence-electron chi connectivity index (χ0n) is 12.1. The third kappa shape index (κ3) is 5.64. The van der Waals surface area contributed by atoms with Crippen LogP contribution in [0.1, 0.15) is 5.56 Å². The fourth-order valence-electron chi connectivity index (χ4n) is 2.08. The van der Waals surface area contributed by atoms with Crippen LogP contribution < -0.4 is 17.1 Å². The van der Waals surface area contributed by atoms with Gasteiger partial charge in [0, 0.05) is 5.56 Å². The van der Waals surface area contributed by atoms with E-state index in [0.717, 1.165) is 29.9 Å². The van der Waals surface area contributed by atoms with Crippen LogP contribution in [0, 0.1) is 0 Å². The molecule has 0 aromatic heterocycles. The van der Waals surface area contributed by atoms with Gasteiger partial charge in [0.25, 0.3) is 0 Å². The van der Waals surface area contributed by atoms with E-state index in [1.807, 2.05) is 30.3 Å². The number of ether oxygens (including phenoxy) is 1. The minimum atomic E-state index is 0. The van der Waals surface area contributed by atoms with Gasteiger partial charge in [-0.3, -0.25) is 0 Å². The quantitative estimate of drug-likeness (QED) is 0.698. The van der Waals surface area contributed by atoms with Gasteiger partial charge in [0.05, 0.1) is 14.1 Å². The molecule has 20 heavy (non-hydrogen) atoms. The summed E-state index contributed by atoms with van der Waals surface area (Å²) < 4.78 is 6.69. The molecule has 0 spiro atoms. The third-order valence-corrected chi connectivity index (χ3v) is 3.16. The maximum atomic E-state index is 5.76. The molecule has 0 radical (unpaired) electrons. The average molecular weight is 292 g/mol. The molecule has 0 fully saturated rings. The molecule has 2 rings (SSSR count). The van der Waals surface area contributed by atoms with Crippen LogP contribution in [0.25, 0.3) is 0 Å². The first-order valence-corrected chi connectivity index (χ1v) is 6.69. The molecule has 3 heteroatoms. The van der Waals surface area contributed by atoms with E-state index in [4.69, 9.17) is 4.74 Å². The maximum Gasteiger partial charge on any atom is 0.137 e. The summed E-state index contributed by atoms with van der Waals surface area (Å²) in [5, 5.41) is 0. The van der Waals surface area contributed by atoms with E-state index in [-0.39, 0.29) is 12.4 Å². The van der Waals surface area contributed by atoms with Crippen molar-refractivity contribution < 1.29 is 21.6 Å². The number of hydrogen-bond acceptors (Lipinski definition) is 1. The third-order valence-electron chi connectivity index (χ3n) is 3.16. The summed E-state index contributed by atoms with van der Waals surface area (Å²) in [6.07, 6.45) is 0. The topological polar surface area (TPSA) is 9.23 Å². The lowest BCUT2D eigenvalue weighted by Crippen LogP contribution is -3.00. The first kappa shape index (κ1) is 16.5. The molecule has 0 heterocycles. The fraction of sp³-hybridized carbons (Fsp3) is 0.294. The van der Waals surface area contributed by atoms with Gasteiger partial charge in [0.2, 0.25) is 0 Å². The Labute approximate surface area is 128 Å². The maximum absolute atomic E-state index is 5.76. The Morgan fingerprint density at radius 3 is 2.00 bits per heavy atom. The predicted molar refractivity (Wildman–Crippen MR) is 79.1 cm³/mol. The van der Waals surface area contributed by atoms with Crippen molar-refractivity contribution in [1.82, 2.24) is 0 Å². The van der Waals surface area contributed by atoms with Crippen molar-refractivity contribution in [2.75, 3.05) is 27.2 Å². The standard InChI is InChI=1S/C17H22NO.ClH/c1-18(2,15-16-9-5-3-6-10-16)13-14-19-17-11-7-4-8-12-17;/h3-12H,13-15H2,1-2H3;1H/q+1;/p-1. The second-order valence-electron chi connectivity index (χ2n) is 5.46. The van der Waals surface area contributed by atoms with E-state index in [1.165, 1.54) is 5.56 Å². The first-order valence-electron chi connectivity index (χ1n) is 6.69. The van der Waals surface area contributed by atoms with Crippen LogP contribution in [0.15, 0.2) is 60.7 Å². The lowest BCUT2D eigenvalue weighted by atomic mass is 10.2. The van der Waals surface area contributed by atoms with Gasteiger partial charge in [-0.05, 0) is 12.1 Å². The van der Waals surface area contributed by atoms with Crippen LogP contribution in [0.4, 0.5) is 0 Å². The molecule has 2 nitrogen and oxygen atoms in total. The van der Waals surface area contributed by atoms with Crippen LogP contribution in [0.5, 0.6) is 5.75 Å². The van der Waals surface area contributed by atoms with Gasteiger partial charge >= 0.3 is 0 Å². The Kier molecular flexibility index (Phi) is 6.56. The number of quaternary nitrogens is 1. The lowest BCUT2D eigenvalue weighted by Gasteiger charge is -2.29. The van der Waals surface area contributed by atoms with E-state index in [2.05, 4.69) is 44.4 Å². The summed E-state index contributed by atoms with van der Waals surface area (Å²) in [7, 11) is 4.47. The predicted octanol–water partition coefficient (Wildman–Crippen LogP) is 0.346. The Morgan fingerprint density at radius 2 is 1.40 bits per heavy atom. The van der Waals surface area contributed by atoms with Crippen LogP contribution in [-0.4, -0.2) is 31.7 Å². The highest BCUT2D eigenvalue weighted by Gasteiger charge is 2.15. The summed E-state index contributed by atoms with van der Waals surface area (Å²) in [5.41, 5.74) is 1.37. The van der Waals surface area contributed by atoms with Gasteiger partial charge in [0.15, 0.2) is 0 Å². The molecule has 2 aromatic rings. The van der Waals surface area contributed by atoms with Crippen molar-refractivity contribution in [3.63, 3.8) is 0 Å². The molecule has 0 saturated carbocycles. The zero-order valence-corrected chi connectivity index (χ0v) is 12.9. The summed E-state index contributed by atoms with van der Waals surface area (Å²) in [6.45, 7) is 2.76. The van der Waals surface area contributed by atoms with Crippen LogP contribution in [0.2, 0.25) is 0 Å². The molecule has 0 atom stereocenters. The number of para-hydroxylation sites is 1. The number of nitrogens with zero attached hydrogens (tertiary/aromatic N) is 1. The monoisotopic (exact) mass is 291 g/mol. The highest BCUT2D eigenvalue weighted by molar-refractivity contribution is 5.20. The van der Waals surface area contributed by atoms with Crippen molar-refractivity contribution >= 4 is 0 Å². The molecule has 0 bridgehead atoms. The SMILES string of the molecule is C[N+](C)(CCOc1ccccc1)Cc1ccccc1.[Cl-]. The minimum absolute atomic E-state index is 0. The largest absolute Gasteiger partial charge is 1.00 e. The van der Waals surface area contributed by atoms with Gasteiger partial charge in [-0.25, -0.2) is 0 Å². The Hall–Kier alpha value is -1.51. The second kappa shape index (κ2) is 7.93.